The molecule has 2 aromatic carbocycles. The van der Waals surface area contributed by atoms with Crippen molar-refractivity contribution in [2.45, 2.75) is 26.3 Å². The van der Waals surface area contributed by atoms with Crippen LogP contribution < -0.4 is 10.1 Å². The molecule has 0 aromatic heterocycles. The van der Waals surface area contributed by atoms with Crippen LogP contribution in [0.3, 0.4) is 0 Å². The molecule has 1 aliphatic rings. The first-order valence-corrected chi connectivity index (χ1v) is 10.7. The second-order valence-electron chi connectivity index (χ2n) is 7.40. The van der Waals surface area contributed by atoms with Gasteiger partial charge in [0.1, 0.15) is 12.4 Å². The maximum atomic E-state index is 12.6. The van der Waals surface area contributed by atoms with Crippen molar-refractivity contribution in [2.24, 2.45) is 0 Å². The quantitative estimate of drug-likeness (QED) is 0.709. The largest absolute Gasteiger partial charge is 0.492 e. The van der Waals surface area contributed by atoms with Gasteiger partial charge in [-0.15, -0.1) is 0 Å². The second-order valence-corrected chi connectivity index (χ2v) is 7.83. The Kier molecular flexibility index (Phi) is 7.92. The first-order chi connectivity index (χ1) is 14.0. The number of benzene rings is 2. The number of piperazine rings is 1. The SMILES string of the molecule is CCc1ccc(NC(=O)[C@@H](C)N2CCN(CCOc3ccc(Cl)cc3)CC2)cc1. The zero-order valence-corrected chi connectivity index (χ0v) is 18.0. The van der Waals surface area contributed by atoms with Gasteiger partial charge in [0.05, 0.1) is 6.04 Å². The summed E-state index contributed by atoms with van der Waals surface area (Å²) in [7, 11) is 0. The number of carbonyl (C=O) groups is 1. The van der Waals surface area contributed by atoms with Gasteiger partial charge in [-0.3, -0.25) is 14.6 Å². The van der Waals surface area contributed by atoms with Crippen molar-refractivity contribution < 1.29 is 9.53 Å². The molecule has 1 saturated heterocycles. The van der Waals surface area contributed by atoms with E-state index < -0.39 is 0 Å². The summed E-state index contributed by atoms with van der Waals surface area (Å²) in [5.74, 6) is 0.888. The van der Waals surface area contributed by atoms with E-state index in [1.165, 1.54) is 5.56 Å². The maximum Gasteiger partial charge on any atom is 0.241 e. The number of anilines is 1. The van der Waals surface area contributed by atoms with Gasteiger partial charge in [-0.25, -0.2) is 0 Å². The summed E-state index contributed by atoms with van der Waals surface area (Å²) >= 11 is 5.89. The van der Waals surface area contributed by atoms with Gasteiger partial charge in [0.2, 0.25) is 5.91 Å². The first-order valence-electron chi connectivity index (χ1n) is 10.3. The minimum atomic E-state index is -0.145. The van der Waals surface area contributed by atoms with E-state index in [2.05, 4.69) is 34.2 Å². The molecule has 0 aliphatic carbocycles. The van der Waals surface area contributed by atoms with Crippen molar-refractivity contribution in [3.63, 3.8) is 0 Å². The van der Waals surface area contributed by atoms with Crippen LogP contribution in [0.5, 0.6) is 5.75 Å². The number of rotatable bonds is 8. The van der Waals surface area contributed by atoms with Gasteiger partial charge < -0.3 is 10.1 Å². The van der Waals surface area contributed by atoms with E-state index in [0.29, 0.717) is 11.6 Å². The maximum absolute atomic E-state index is 12.6. The highest BCUT2D eigenvalue weighted by molar-refractivity contribution is 6.30. The average molecular weight is 416 g/mol. The second kappa shape index (κ2) is 10.6. The molecule has 29 heavy (non-hydrogen) atoms. The summed E-state index contributed by atoms with van der Waals surface area (Å²) in [5, 5.41) is 3.75. The molecule has 1 fully saturated rings. The highest BCUT2D eigenvalue weighted by Gasteiger charge is 2.25. The number of aryl methyl sites for hydroxylation is 1. The number of amides is 1. The molecule has 0 saturated carbocycles. The minimum Gasteiger partial charge on any atom is -0.492 e. The summed E-state index contributed by atoms with van der Waals surface area (Å²) in [4.78, 5) is 17.2. The lowest BCUT2D eigenvalue weighted by Crippen LogP contribution is -2.53. The van der Waals surface area contributed by atoms with Crippen LogP contribution in [0, 0.1) is 0 Å². The standard InChI is InChI=1S/C23H30ClN3O2/c1-3-19-4-8-21(9-5-19)25-23(28)18(2)27-14-12-26(13-15-27)16-17-29-22-10-6-20(24)7-11-22/h4-11,18H,3,12-17H2,1-2H3,(H,25,28)/t18-/m1/s1. The molecule has 156 valence electrons. The fourth-order valence-corrected chi connectivity index (χ4v) is 3.56. The van der Waals surface area contributed by atoms with Gasteiger partial charge in [-0.1, -0.05) is 30.7 Å². The van der Waals surface area contributed by atoms with Gasteiger partial charge in [-0.05, 0) is 55.3 Å². The van der Waals surface area contributed by atoms with Crippen molar-refractivity contribution in [1.82, 2.24) is 9.80 Å². The van der Waals surface area contributed by atoms with Crippen LogP contribution in [0.4, 0.5) is 5.69 Å². The fraction of sp³-hybridized carbons (Fsp3) is 0.435. The Morgan fingerprint density at radius 3 is 2.34 bits per heavy atom. The van der Waals surface area contributed by atoms with Crippen LogP contribution >= 0.6 is 11.6 Å². The van der Waals surface area contributed by atoms with E-state index in [0.717, 1.165) is 50.6 Å². The number of hydrogen-bond acceptors (Lipinski definition) is 4. The van der Waals surface area contributed by atoms with Crippen molar-refractivity contribution in [1.29, 1.82) is 0 Å². The number of carbonyl (C=O) groups excluding carboxylic acids is 1. The molecule has 3 rings (SSSR count). The Hall–Kier alpha value is -2.08. The average Bonchev–Trinajstić information content (AvgIpc) is 2.75. The summed E-state index contributed by atoms with van der Waals surface area (Å²) in [6, 6.07) is 15.4. The Balaban J connectivity index is 1.38. The normalized spacial score (nSPS) is 16.4. The van der Waals surface area contributed by atoms with Gasteiger partial charge in [0.25, 0.3) is 0 Å². The van der Waals surface area contributed by atoms with E-state index in [-0.39, 0.29) is 11.9 Å². The van der Waals surface area contributed by atoms with Crippen molar-refractivity contribution in [3.05, 3.63) is 59.1 Å². The molecule has 1 N–H and O–H groups in total. The molecule has 0 unspecified atom stereocenters. The van der Waals surface area contributed by atoms with Crippen molar-refractivity contribution >= 4 is 23.2 Å². The van der Waals surface area contributed by atoms with E-state index >= 15 is 0 Å². The lowest BCUT2D eigenvalue weighted by molar-refractivity contribution is -0.121. The molecule has 1 atom stereocenters. The van der Waals surface area contributed by atoms with Crippen molar-refractivity contribution in [2.75, 3.05) is 44.6 Å². The molecule has 1 amide bonds. The Morgan fingerprint density at radius 1 is 1.07 bits per heavy atom. The van der Waals surface area contributed by atoms with Crippen LogP contribution in [0.25, 0.3) is 0 Å². The van der Waals surface area contributed by atoms with Crippen LogP contribution in [-0.2, 0) is 11.2 Å². The van der Waals surface area contributed by atoms with E-state index in [4.69, 9.17) is 16.3 Å². The van der Waals surface area contributed by atoms with E-state index in [1.807, 2.05) is 43.3 Å². The monoisotopic (exact) mass is 415 g/mol. The topological polar surface area (TPSA) is 44.8 Å². The first kappa shape index (κ1) is 21.6. The third-order valence-electron chi connectivity index (χ3n) is 5.45. The smallest absolute Gasteiger partial charge is 0.241 e. The third-order valence-corrected chi connectivity index (χ3v) is 5.71. The number of hydrogen-bond donors (Lipinski definition) is 1. The van der Waals surface area contributed by atoms with Crippen LogP contribution in [0.2, 0.25) is 5.02 Å². The summed E-state index contributed by atoms with van der Waals surface area (Å²) in [5.41, 5.74) is 2.13. The molecule has 0 bridgehead atoms. The molecule has 6 heteroatoms. The molecular weight excluding hydrogens is 386 g/mol. The number of nitrogens with zero attached hydrogens (tertiary/aromatic N) is 2. The van der Waals surface area contributed by atoms with Gasteiger partial charge >= 0.3 is 0 Å². The molecule has 0 spiro atoms. The Morgan fingerprint density at radius 2 is 1.72 bits per heavy atom. The van der Waals surface area contributed by atoms with Crippen LogP contribution in [-0.4, -0.2) is 61.1 Å². The number of nitrogens with one attached hydrogen (secondary N) is 1. The summed E-state index contributed by atoms with van der Waals surface area (Å²) in [6.45, 7) is 9.26. The molecule has 1 heterocycles. The van der Waals surface area contributed by atoms with E-state index in [9.17, 15) is 4.79 Å². The molecule has 1 aliphatic heterocycles. The summed E-state index contributed by atoms with van der Waals surface area (Å²) < 4.78 is 5.78. The molecule has 2 aromatic rings. The zero-order valence-electron chi connectivity index (χ0n) is 17.2. The van der Waals surface area contributed by atoms with Gasteiger partial charge in [0.15, 0.2) is 0 Å². The van der Waals surface area contributed by atoms with E-state index in [1.54, 1.807) is 0 Å². The van der Waals surface area contributed by atoms with Crippen molar-refractivity contribution in [3.8, 4) is 5.75 Å². The lowest BCUT2D eigenvalue weighted by Gasteiger charge is -2.37. The predicted octanol–water partition coefficient (Wildman–Crippen LogP) is 3.93. The highest BCUT2D eigenvalue weighted by atomic mass is 35.5. The molecule has 0 radical (unpaired) electrons. The lowest BCUT2D eigenvalue weighted by atomic mass is 10.1. The molecular formula is C23H30ClN3O2. The third kappa shape index (κ3) is 6.46. The Labute approximate surface area is 178 Å². The van der Waals surface area contributed by atoms with Crippen LogP contribution in [0.1, 0.15) is 19.4 Å². The Bertz CT molecular complexity index is 772. The highest BCUT2D eigenvalue weighted by Crippen LogP contribution is 2.16. The predicted molar refractivity (Wildman–Crippen MR) is 119 cm³/mol. The van der Waals surface area contributed by atoms with Crippen LogP contribution in [0.15, 0.2) is 48.5 Å². The fourth-order valence-electron chi connectivity index (χ4n) is 3.43. The zero-order chi connectivity index (χ0) is 20.6. The number of ether oxygens (including phenoxy) is 1. The minimum absolute atomic E-state index is 0.0498. The summed E-state index contributed by atoms with van der Waals surface area (Å²) in [6.07, 6.45) is 1.000. The van der Waals surface area contributed by atoms with Gasteiger partial charge in [-0.2, -0.15) is 0 Å². The molecule has 5 nitrogen and oxygen atoms in total. The van der Waals surface area contributed by atoms with Gasteiger partial charge in [0, 0.05) is 43.4 Å². The number of halogens is 1.